The summed E-state index contributed by atoms with van der Waals surface area (Å²) in [6.07, 6.45) is 1.58. The third-order valence-corrected chi connectivity index (χ3v) is 4.33. The molecule has 1 unspecified atom stereocenters. The van der Waals surface area contributed by atoms with Gasteiger partial charge in [-0.25, -0.2) is 4.79 Å². The number of H-pyrrole nitrogens is 1. The number of nitro benzene ring substituents is 1. The van der Waals surface area contributed by atoms with E-state index in [1.165, 1.54) is 6.07 Å². The molecule has 0 bridgehead atoms. The van der Waals surface area contributed by atoms with E-state index in [-0.39, 0.29) is 23.7 Å². The zero-order chi connectivity index (χ0) is 18.0. The number of piperidine rings is 1. The van der Waals surface area contributed by atoms with Crippen LogP contribution in [0, 0.1) is 10.1 Å². The second kappa shape index (κ2) is 6.80. The fraction of sp³-hybridized carbons (Fsp3) is 0.375. The molecular formula is C16H19N5O4. The summed E-state index contributed by atoms with van der Waals surface area (Å²) in [5.74, 6) is -0.228. The maximum absolute atomic E-state index is 12.7. The number of non-ortho nitro benzene ring substituents is 1. The smallest absolute Gasteiger partial charge is 0.314 e. The summed E-state index contributed by atoms with van der Waals surface area (Å²) in [6.45, 7) is 0.992. The van der Waals surface area contributed by atoms with Crippen molar-refractivity contribution in [1.82, 2.24) is 20.5 Å². The molecule has 3 N–H and O–H groups in total. The minimum atomic E-state index is -0.475. The van der Waals surface area contributed by atoms with Gasteiger partial charge in [0.05, 0.1) is 4.92 Å². The second-order valence-corrected chi connectivity index (χ2v) is 6.00. The summed E-state index contributed by atoms with van der Waals surface area (Å²) in [4.78, 5) is 39.4. The number of fused-ring (bicyclic) bond motifs is 1. The molecule has 132 valence electrons. The first kappa shape index (κ1) is 16.7. The van der Waals surface area contributed by atoms with Gasteiger partial charge < -0.3 is 20.5 Å². The molecule has 0 spiro atoms. The first-order chi connectivity index (χ1) is 12.0. The fourth-order valence-electron chi connectivity index (χ4n) is 3.11. The van der Waals surface area contributed by atoms with Crippen LogP contribution in [0.1, 0.15) is 23.3 Å². The van der Waals surface area contributed by atoms with Crippen molar-refractivity contribution in [2.24, 2.45) is 0 Å². The zero-order valence-corrected chi connectivity index (χ0v) is 13.7. The number of carbonyl (C=O) groups excluding carboxylic acids is 2. The van der Waals surface area contributed by atoms with Crippen LogP contribution >= 0.6 is 0 Å². The Morgan fingerprint density at radius 1 is 1.40 bits per heavy atom. The van der Waals surface area contributed by atoms with E-state index in [9.17, 15) is 19.7 Å². The van der Waals surface area contributed by atoms with Crippen molar-refractivity contribution in [3.8, 4) is 0 Å². The lowest BCUT2D eigenvalue weighted by atomic mass is 10.1. The van der Waals surface area contributed by atoms with E-state index in [2.05, 4.69) is 15.6 Å². The van der Waals surface area contributed by atoms with E-state index < -0.39 is 4.92 Å². The van der Waals surface area contributed by atoms with Gasteiger partial charge in [0.15, 0.2) is 0 Å². The van der Waals surface area contributed by atoms with Crippen molar-refractivity contribution in [3.05, 3.63) is 40.1 Å². The molecule has 9 nitrogen and oxygen atoms in total. The molecule has 25 heavy (non-hydrogen) atoms. The topological polar surface area (TPSA) is 120 Å². The van der Waals surface area contributed by atoms with Gasteiger partial charge in [0.1, 0.15) is 11.2 Å². The maximum atomic E-state index is 12.7. The monoisotopic (exact) mass is 345 g/mol. The van der Waals surface area contributed by atoms with Crippen LogP contribution in [0.4, 0.5) is 10.5 Å². The molecule has 0 radical (unpaired) electrons. The van der Waals surface area contributed by atoms with Crippen LogP contribution in [0.3, 0.4) is 0 Å². The molecule has 1 fully saturated rings. The number of carbonyl (C=O) groups is 2. The minimum absolute atomic E-state index is 0.0608. The lowest BCUT2D eigenvalue weighted by Crippen LogP contribution is -2.51. The number of aromatic nitrogens is 1. The molecule has 1 aliphatic rings. The molecule has 9 heteroatoms. The predicted molar refractivity (Wildman–Crippen MR) is 91.5 cm³/mol. The van der Waals surface area contributed by atoms with E-state index in [0.717, 1.165) is 12.8 Å². The highest BCUT2D eigenvalue weighted by Crippen LogP contribution is 2.26. The summed E-state index contributed by atoms with van der Waals surface area (Å²) in [5, 5.41) is 17.0. The average molecular weight is 345 g/mol. The van der Waals surface area contributed by atoms with Crippen LogP contribution < -0.4 is 10.6 Å². The second-order valence-electron chi connectivity index (χ2n) is 6.00. The van der Waals surface area contributed by atoms with Crippen molar-refractivity contribution in [1.29, 1.82) is 0 Å². The maximum Gasteiger partial charge on any atom is 0.314 e. The van der Waals surface area contributed by atoms with Gasteiger partial charge in [-0.15, -0.1) is 0 Å². The number of nitrogens with zero attached hydrogens (tertiary/aromatic N) is 2. The molecule has 2 heterocycles. The van der Waals surface area contributed by atoms with Crippen LogP contribution in [0.15, 0.2) is 24.3 Å². The number of aromatic amines is 1. The molecule has 2 aromatic rings. The van der Waals surface area contributed by atoms with Gasteiger partial charge >= 0.3 is 6.03 Å². The first-order valence-electron chi connectivity index (χ1n) is 8.03. The van der Waals surface area contributed by atoms with E-state index in [4.69, 9.17) is 0 Å². The SMILES string of the molecule is CNC(=O)NC1CCCN(C(=O)c2cc3cccc([N+](=O)[O-])c3[nH]2)C1. The van der Waals surface area contributed by atoms with Crippen LogP contribution in [0.25, 0.3) is 10.9 Å². The lowest BCUT2D eigenvalue weighted by molar-refractivity contribution is -0.383. The van der Waals surface area contributed by atoms with Gasteiger partial charge in [-0.2, -0.15) is 0 Å². The van der Waals surface area contributed by atoms with E-state index in [0.29, 0.717) is 29.7 Å². The molecule has 3 rings (SSSR count). The molecule has 1 saturated heterocycles. The number of nitrogens with one attached hydrogen (secondary N) is 3. The molecule has 0 saturated carbocycles. The highest BCUT2D eigenvalue weighted by Gasteiger charge is 2.27. The minimum Gasteiger partial charge on any atom is -0.345 e. The summed E-state index contributed by atoms with van der Waals surface area (Å²) < 4.78 is 0. The number of rotatable bonds is 3. The van der Waals surface area contributed by atoms with Crippen LogP contribution in [0.2, 0.25) is 0 Å². The van der Waals surface area contributed by atoms with E-state index in [1.807, 2.05) is 0 Å². The number of urea groups is 1. The Kier molecular flexibility index (Phi) is 4.55. The number of para-hydroxylation sites is 1. The highest BCUT2D eigenvalue weighted by atomic mass is 16.6. The van der Waals surface area contributed by atoms with Crippen molar-refractivity contribution in [3.63, 3.8) is 0 Å². The summed E-state index contributed by atoms with van der Waals surface area (Å²) in [7, 11) is 1.54. The number of hydrogen-bond donors (Lipinski definition) is 3. The molecule has 3 amide bonds. The molecule has 1 atom stereocenters. The Hall–Kier alpha value is -3.10. The Morgan fingerprint density at radius 2 is 2.20 bits per heavy atom. The number of hydrogen-bond acceptors (Lipinski definition) is 4. The number of likely N-dealkylation sites (tertiary alicyclic amines) is 1. The third-order valence-electron chi connectivity index (χ3n) is 4.33. The van der Waals surface area contributed by atoms with Gasteiger partial charge in [-0.05, 0) is 18.9 Å². The number of amides is 3. The van der Waals surface area contributed by atoms with Gasteiger partial charge in [0.2, 0.25) is 0 Å². The quantitative estimate of drug-likeness (QED) is 0.578. The number of benzene rings is 1. The summed E-state index contributed by atoms with van der Waals surface area (Å²) in [6, 6.07) is 5.95. The third kappa shape index (κ3) is 3.39. The van der Waals surface area contributed by atoms with Crippen molar-refractivity contribution >= 4 is 28.5 Å². The zero-order valence-electron chi connectivity index (χ0n) is 13.7. The first-order valence-corrected chi connectivity index (χ1v) is 8.03. The fourth-order valence-corrected chi connectivity index (χ4v) is 3.11. The predicted octanol–water partition coefficient (Wildman–Crippen LogP) is 1.61. The Morgan fingerprint density at radius 3 is 2.92 bits per heavy atom. The molecule has 0 aliphatic carbocycles. The van der Waals surface area contributed by atoms with E-state index >= 15 is 0 Å². The largest absolute Gasteiger partial charge is 0.345 e. The lowest BCUT2D eigenvalue weighted by Gasteiger charge is -2.32. The van der Waals surface area contributed by atoms with E-state index in [1.54, 1.807) is 30.1 Å². The van der Waals surface area contributed by atoms with Crippen LogP contribution in [-0.2, 0) is 0 Å². The van der Waals surface area contributed by atoms with Gasteiger partial charge in [-0.3, -0.25) is 14.9 Å². The molecular weight excluding hydrogens is 326 g/mol. The van der Waals surface area contributed by atoms with Crippen LogP contribution in [0.5, 0.6) is 0 Å². The average Bonchev–Trinajstić information content (AvgIpc) is 3.05. The van der Waals surface area contributed by atoms with Crippen LogP contribution in [-0.4, -0.2) is 52.9 Å². The summed E-state index contributed by atoms with van der Waals surface area (Å²) in [5.41, 5.74) is 0.590. The molecule has 1 aliphatic heterocycles. The van der Waals surface area contributed by atoms with Crippen molar-refractivity contribution in [2.45, 2.75) is 18.9 Å². The standard InChI is InChI=1S/C16H19N5O4/c1-17-16(23)18-11-5-3-7-20(9-11)15(22)12-8-10-4-2-6-13(21(24)25)14(10)19-12/h2,4,6,8,11,19H,3,5,7,9H2,1H3,(H2,17,18,23). The molecule has 1 aromatic carbocycles. The van der Waals surface area contributed by atoms with Gasteiger partial charge in [0.25, 0.3) is 11.6 Å². The Bertz CT molecular complexity index is 831. The Labute approximate surface area is 143 Å². The summed E-state index contributed by atoms with van der Waals surface area (Å²) >= 11 is 0. The van der Waals surface area contributed by atoms with Crippen molar-refractivity contribution in [2.75, 3.05) is 20.1 Å². The van der Waals surface area contributed by atoms with Crippen molar-refractivity contribution < 1.29 is 14.5 Å². The normalized spacial score (nSPS) is 17.3. The van der Waals surface area contributed by atoms with Gasteiger partial charge in [-0.1, -0.05) is 12.1 Å². The molecule has 1 aromatic heterocycles. The number of nitro groups is 1. The highest BCUT2D eigenvalue weighted by molar-refractivity contribution is 6.00. The van der Waals surface area contributed by atoms with Gasteiger partial charge in [0, 0.05) is 37.6 Å². The Balaban J connectivity index is 1.80.